The molecule has 3 rings (SSSR count). The Labute approximate surface area is 119 Å². The minimum absolute atomic E-state index is 0.0728. The van der Waals surface area contributed by atoms with Gasteiger partial charge in [-0.1, -0.05) is 0 Å². The molecule has 1 saturated heterocycles. The van der Waals surface area contributed by atoms with E-state index in [9.17, 15) is 4.79 Å². The summed E-state index contributed by atoms with van der Waals surface area (Å²) in [6.45, 7) is 1.04. The molecule has 0 unspecified atom stereocenters. The van der Waals surface area contributed by atoms with Crippen LogP contribution >= 0.6 is 0 Å². The minimum atomic E-state index is -0.502. The molecule has 0 aromatic heterocycles. The van der Waals surface area contributed by atoms with Gasteiger partial charge in [-0.05, 0) is 18.8 Å². The zero-order chi connectivity index (χ0) is 14.2. The summed E-state index contributed by atoms with van der Waals surface area (Å²) in [5.41, 5.74) is 0. The number of rotatable bonds is 4. The Morgan fingerprint density at radius 2 is 1.85 bits per heavy atom. The smallest absolute Gasteiger partial charge is 0.172 e. The normalized spacial score (nSPS) is 39.4. The number of Topliss-reactive ketones (excluding diaryl/α,β-unsaturated/α-hetero) is 1. The van der Waals surface area contributed by atoms with Crippen molar-refractivity contribution in [1.29, 1.82) is 0 Å². The average Bonchev–Trinajstić information content (AvgIpc) is 3.07. The zero-order valence-electron chi connectivity index (χ0n) is 12.3. The van der Waals surface area contributed by atoms with Gasteiger partial charge in [-0.2, -0.15) is 0 Å². The molecule has 0 radical (unpaired) electrons. The van der Waals surface area contributed by atoms with Crippen LogP contribution in [0.15, 0.2) is 0 Å². The zero-order valence-corrected chi connectivity index (χ0v) is 12.3. The molecule has 1 spiro atoms. The van der Waals surface area contributed by atoms with Crippen molar-refractivity contribution in [2.24, 2.45) is 11.8 Å². The van der Waals surface area contributed by atoms with Gasteiger partial charge in [-0.25, -0.2) is 0 Å². The molecule has 4 atom stereocenters. The number of carbonyl (C=O) groups is 1. The second kappa shape index (κ2) is 5.72. The number of methoxy groups -OCH3 is 2. The third-order valence-electron chi connectivity index (χ3n) is 4.74. The molecule has 0 amide bonds. The van der Waals surface area contributed by atoms with E-state index < -0.39 is 5.79 Å². The van der Waals surface area contributed by atoms with Crippen molar-refractivity contribution in [2.75, 3.05) is 27.4 Å². The van der Waals surface area contributed by atoms with E-state index in [4.69, 9.17) is 18.9 Å². The van der Waals surface area contributed by atoms with Gasteiger partial charge in [0.05, 0.1) is 13.2 Å². The Bertz CT molecular complexity index is 355. The number of ether oxygens (including phenoxy) is 4. The lowest BCUT2D eigenvalue weighted by Crippen LogP contribution is -2.36. The second-order valence-electron chi connectivity index (χ2n) is 6.23. The second-order valence-corrected chi connectivity index (χ2v) is 6.23. The van der Waals surface area contributed by atoms with Crippen molar-refractivity contribution in [3.63, 3.8) is 0 Å². The lowest BCUT2D eigenvalue weighted by molar-refractivity contribution is -0.204. The van der Waals surface area contributed by atoms with Crippen LogP contribution in [0.3, 0.4) is 0 Å². The summed E-state index contributed by atoms with van der Waals surface area (Å²) in [7, 11) is 3.35. The average molecular weight is 284 g/mol. The summed E-state index contributed by atoms with van der Waals surface area (Å²) >= 11 is 0. The lowest BCUT2D eigenvalue weighted by Gasteiger charge is -2.30. The summed E-state index contributed by atoms with van der Waals surface area (Å²) in [5, 5.41) is 0. The van der Waals surface area contributed by atoms with Crippen LogP contribution in [0.2, 0.25) is 0 Å². The third-order valence-corrected chi connectivity index (χ3v) is 4.74. The molecule has 3 fully saturated rings. The first kappa shape index (κ1) is 14.4. The molecule has 0 aromatic rings. The van der Waals surface area contributed by atoms with Crippen molar-refractivity contribution in [3.8, 4) is 0 Å². The molecular weight excluding hydrogens is 260 g/mol. The van der Waals surface area contributed by atoms with Crippen molar-refractivity contribution >= 4 is 5.78 Å². The van der Waals surface area contributed by atoms with Crippen molar-refractivity contribution in [3.05, 3.63) is 0 Å². The van der Waals surface area contributed by atoms with Crippen molar-refractivity contribution in [2.45, 2.75) is 50.1 Å². The standard InChI is InChI=1S/C15H24O5/c1-17-8-13-14(9-18-2)20-15(19-13)5-3-4-11(16)6-10-7-12(10)15/h10,12-14H,3-9H2,1-2H3/t10-,12+,13-,14-/m0/s1. The van der Waals surface area contributed by atoms with Crippen LogP contribution in [-0.2, 0) is 23.7 Å². The Balaban J connectivity index is 1.73. The molecule has 1 heterocycles. The number of hydrogen-bond acceptors (Lipinski definition) is 5. The largest absolute Gasteiger partial charge is 0.382 e. The Hall–Kier alpha value is -0.490. The fourth-order valence-electron chi connectivity index (χ4n) is 3.72. The topological polar surface area (TPSA) is 54.0 Å². The summed E-state index contributed by atoms with van der Waals surface area (Å²) in [6, 6.07) is 0. The van der Waals surface area contributed by atoms with E-state index in [0.717, 1.165) is 19.3 Å². The van der Waals surface area contributed by atoms with Gasteiger partial charge < -0.3 is 18.9 Å². The molecule has 2 saturated carbocycles. The highest BCUT2D eigenvalue weighted by Gasteiger charge is 2.61. The number of fused-ring (bicyclic) bond motifs is 2. The molecule has 5 heteroatoms. The molecule has 0 N–H and O–H groups in total. The Morgan fingerprint density at radius 3 is 2.45 bits per heavy atom. The summed E-state index contributed by atoms with van der Waals surface area (Å²) in [4.78, 5) is 11.7. The lowest BCUT2D eigenvalue weighted by atomic mass is 9.95. The van der Waals surface area contributed by atoms with Gasteiger partial charge in [0.25, 0.3) is 0 Å². The van der Waals surface area contributed by atoms with Crippen LogP contribution in [0, 0.1) is 11.8 Å². The first-order valence-electron chi connectivity index (χ1n) is 7.53. The van der Waals surface area contributed by atoms with E-state index in [2.05, 4.69) is 0 Å². The van der Waals surface area contributed by atoms with Gasteiger partial charge >= 0.3 is 0 Å². The van der Waals surface area contributed by atoms with E-state index in [1.165, 1.54) is 0 Å². The monoisotopic (exact) mass is 284 g/mol. The molecule has 20 heavy (non-hydrogen) atoms. The van der Waals surface area contributed by atoms with Crippen LogP contribution < -0.4 is 0 Å². The molecular formula is C15H24O5. The summed E-state index contributed by atoms with van der Waals surface area (Å²) in [5.74, 6) is 0.713. The van der Waals surface area contributed by atoms with Crippen molar-refractivity contribution in [1.82, 2.24) is 0 Å². The molecule has 5 nitrogen and oxygen atoms in total. The van der Waals surface area contributed by atoms with E-state index in [1.807, 2.05) is 0 Å². The van der Waals surface area contributed by atoms with Gasteiger partial charge in [-0.3, -0.25) is 4.79 Å². The van der Waals surface area contributed by atoms with Gasteiger partial charge in [0.15, 0.2) is 5.79 Å². The Kier molecular flexibility index (Phi) is 4.13. The van der Waals surface area contributed by atoms with Crippen molar-refractivity contribution < 1.29 is 23.7 Å². The van der Waals surface area contributed by atoms with Crippen LogP contribution in [-0.4, -0.2) is 51.2 Å². The number of ketones is 1. The Morgan fingerprint density at radius 1 is 1.20 bits per heavy atom. The highest BCUT2D eigenvalue weighted by atomic mass is 16.8. The number of hydrogen-bond donors (Lipinski definition) is 0. The SMILES string of the molecule is COC[C@@H]1OC2(CCCC(=O)C[C@H]3C[C@H]32)O[C@H]1COC. The van der Waals surface area contributed by atoms with Crippen LogP contribution in [0.5, 0.6) is 0 Å². The third kappa shape index (κ3) is 2.64. The predicted octanol–water partition coefficient (Wildman–Crippen LogP) is 1.54. The van der Waals surface area contributed by atoms with Gasteiger partial charge in [-0.15, -0.1) is 0 Å². The molecule has 3 aliphatic rings. The molecule has 2 aliphatic carbocycles. The van der Waals surface area contributed by atoms with Crippen LogP contribution in [0.25, 0.3) is 0 Å². The molecule has 0 aromatic carbocycles. The predicted molar refractivity (Wildman–Crippen MR) is 71.3 cm³/mol. The first-order chi connectivity index (χ1) is 9.68. The maximum absolute atomic E-state index is 11.7. The fraction of sp³-hybridized carbons (Fsp3) is 0.933. The fourth-order valence-corrected chi connectivity index (χ4v) is 3.72. The highest BCUT2D eigenvalue weighted by molar-refractivity contribution is 5.79. The maximum Gasteiger partial charge on any atom is 0.172 e. The van der Waals surface area contributed by atoms with Crippen LogP contribution in [0.4, 0.5) is 0 Å². The van der Waals surface area contributed by atoms with Gasteiger partial charge in [0.2, 0.25) is 0 Å². The highest BCUT2D eigenvalue weighted by Crippen LogP contribution is 2.56. The first-order valence-corrected chi connectivity index (χ1v) is 7.53. The summed E-state index contributed by atoms with van der Waals surface area (Å²) in [6.07, 6.45) is 3.91. The quantitative estimate of drug-likeness (QED) is 0.784. The maximum atomic E-state index is 11.7. The molecule has 0 bridgehead atoms. The van der Waals surface area contributed by atoms with Gasteiger partial charge in [0, 0.05) is 39.4 Å². The van der Waals surface area contributed by atoms with Gasteiger partial charge in [0.1, 0.15) is 18.0 Å². The molecule has 114 valence electrons. The van der Waals surface area contributed by atoms with Crippen LogP contribution in [0.1, 0.15) is 32.1 Å². The van der Waals surface area contributed by atoms with E-state index >= 15 is 0 Å². The minimum Gasteiger partial charge on any atom is -0.382 e. The molecule has 1 aliphatic heterocycles. The number of carbonyl (C=O) groups excluding carboxylic acids is 1. The van der Waals surface area contributed by atoms with E-state index in [1.54, 1.807) is 14.2 Å². The van der Waals surface area contributed by atoms with E-state index in [-0.39, 0.29) is 12.2 Å². The summed E-state index contributed by atoms with van der Waals surface area (Å²) < 4.78 is 23.1. The van der Waals surface area contributed by atoms with E-state index in [0.29, 0.717) is 43.7 Å².